The van der Waals surface area contributed by atoms with Gasteiger partial charge in [0, 0.05) is 21.2 Å². The van der Waals surface area contributed by atoms with Crippen molar-refractivity contribution in [1.82, 2.24) is 0 Å². The Labute approximate surface area is 82.3 Å². The summed E-state index contributed by atoms with van der Waals surface area (Å²) in [5.74, 6) is -1.10. The highest BCUT2D eigenvalue weighted by molar-refractivity contribution is 9.10. The number of quaternary nitrogens is 1. The molecule has 1 atom stereocenters. The van der Waals surface area contributed by atoms with Crippen molar-refractivity contribution in [3.05, 3.63) is 20.8 Å². The maximum Gasteiger partial charge on any atom is 0.129 e. The average Bonchev–Trinajstić information content (AvgIpc) is 2.35. The van der Waals surface area contributed by atoms with E-state index in [-0.39, 0.29) is 0 Å². The van der Waals surface area contributed by atoms with E-state index >= 15 is 0 Å². The molecule has 0 fully saturated rings. The van der Waals surface area contributed by atoms with Crippen LogP contribution in [0, 0.1) is 0 Å². The summed E-state index contributed by atoms with van der Waals surface area (Å²) in [5, 5.41) is 12.2. The van der Waals surface area contributed by atoms with E-state index in [1.165, 1.54) is 11.3 Å². The van der Waals surface area contributed by atoms with E-state index in [1.54, 1.807) is 0 Å². The van der Waals surface area contributed by atoms with Gasteiger partial charge in [-0.25, -0.2) is 0 Å². The smallest absolute Gasteiger partial charge is 0.129 e. The van der Waals surface area contributed by atoms with Crippen LogP contribution in [-0.4, -0.2) is 12.0 Å². The van der Waals surface area contributed by atoms with Crippen molar-refractivity contribution in [3.8, 4) is 0 Å². The number of carboxylic acids is 1. The van der Waals surface area contributed by atoms with Crippen molar-refractivity contribution in [2.45, 2.75) is 12.5 Å². The first-order valence-corrected chi connectivity index (χ1v) is 5.03. The minimum atomic E-state index is -1.10. The summed E-state index contributed by atoms with van der Waals surface area (Å²) in [4.78, 5) is 11.3. The molecule has 5 heteroatoms. The molecular formula is C7H8BrNO2S. The number of halogens is 1. The largest absolute Gasteiger partial charge is 0.544 e. The van der Waals surface area contributed by atoms with Crippen LogP contribution in [0.1, 0.15) is 4.88 Å². The fourth-order valence-electron chi connectivity index (χ4n) is 0.787. The Morgan fingerprint density at radius 1 is 1.83 bits per heavy atom. The lowest BCUT2D eigenvalue weighted by atomic mass is 10.2. The first-order chi connectivity index (χ1) is 5.59. The van der Waals surface area contributed by atoms with E-state index < -0.39 is 12.0 Å². The molecule has 1 rings (SSSR count). The van der Waals surface area contributed by atoms with Crippen LogP contribution in [0.15, 0.2) is 15.9 Å². The SMILES string of the molecule is [NH3+][C@@H](Cc1cc(Br)cs1)C(=O)[O-]. The molecule has 0 aliphatic rings. The summed E-state index contributed by atoms with van der Waals surface area (Å²) in [6, 6.07) is 1.24. The monoisotopic (exact) mass is 249 g/mol. The molecule has 0 amide bonds. The predicted octanol–water partition coefficient (Wildman–Crippen LogP) is -0.587. The average molecular weight is 250 g/mol. The van der Waals surface area contributed by atoms with Crippen molar-refractivity contribution >= 4 is 33.2 Å². The molecule has 0 aliphatic heterocycles. The number of carboxylic acid groups (broad SMARTS) is 1. The summed E-state index contributed by atoms with van der Waals surface area (Å²) in [6.45, 7) is 0. The zero-order chi connectivity index (χ0) is 9.14. The Hall–Kier alpha value is -0.390. The molecule has 0 bridgehead atoms. The van der Waals surface area contributed by atoms with Crippen LogP contribution in [0.25, 0.3) is 0 Å². The molecule has 0 aliphatic carbocycles. The third-order valence-corrected chi connectivity index (χ3v) is 3.12. The lowest BCUT2D eigenvalue weighted by Crippen LogP contribution is -2.69. The first kappa shape index (κ1) is 9.70. The van der Waals surface area contributed by atoms with Crippen molar-refractivity contribution in [2.75, 3.05) is 0 Å². The predicted molar refractivity (Wildman–Crippen MR) is 47.4 cm³/mol. The standard InChI is InChI=1S/C7H8BrNO2S/c8-4-1-5(12-3-4)2-6(9)7(10)11/h1,3,6H,2,9H2,(H,10,11)/t6-/m0/s1. The molecule has 3 nitrogen and oxygen atoms in total. The van der Waals surface area contributed by atoms with E-state index in [1.807, 2.05) is 11.4 Å². The van der Waals surface area contributed by atoms with Gasteiger partial charge in [-0.2, -0.15) is 0 Å². The Morgan fingerprint density at radius 3 is 2.92 bits per heavy atom. The molecule has 0 spiro atoms. The van der Waals surface area contributed by atoms with Gasteiger partial charge in [-0.05, 0) is 22.0 Å². The van der Waals surface area contributed by atoms with E-state index in [0.29, 0.717) is 6.42 Å². The van der Waals surface area contributed by atoms with Crippen molar-refractivity contribution < 1.29 is 15.6 Å². The van der Waals surface area contributed by atoms with Crippen LogP contribution >= 0.6 is 27.3 Å². The van der Waals surface area contributed by atoms with Gasteiger partial charge in [0.15, 0.2) is 0 Å². The number of carbonyl (C=O) groups is 1. The number of hydrogen-bond donors (Lipinski definition) is 1. The second kappa shape index (κ2) is 4.02. The van der Waals surface area contributed by atoms with Crippen molar-refractivity contribution in [1.29, 1.82) is 0 Å². The molecule has 0 saturated carbocycles. The maximum atomic E-state index is 10.3. The molecule has 66 valence electrons. The maximum absolute atomic E-state index is 10.3. The number of rotatable bonds is 3. The fraction of sp³-hybridized carbons (Fsp3) is 0.286. The number of hydrogen-bond acceptors (Lipinski definition) is 3. The number of thiophene rings is 1. The van der Waals surface area contributed by atoms with Crippen LogP contribution in [-0.2, 0) is 11.2 Å². The van der Waals surface area contributed by atoms with Crippen LogP contribution in [0.4, 0.5) is 0 Å². The Kier molecular flexibility index (Phi) is 3.25. The van der Waals surface area contributed by atoms with Gasteiger partial charge in [-0.1, -0.05) is 0 Å². The second-order valence-corrected chi connectivity index (χ2v) is 4.36. The van der Waals surface area contributed by atoms with Gasteiger partial charge in [-0.3, -0.25) is 0 Å². The third-order valence-electron chi connectivity index (χ3n) is 1.40. The summed E-state index contributed by atoms with van der Waals surface area (Å²) < 4.78 is 0.980. The lowest BCUT2D eigenvalue weighted by Gasteiger charge is -2.06. The highest BCUT2D eigenvalue weighted by atomic mass is 79.9. The van der Waals surface area contributed by atoms with Gasteiger partial charge in [0.2, 0.25) is 0 Å². The summed E-state index contributed by atoms with van der Waals surface area (Å²) in [5.41, 5.74) is 3.47. The molecule has 0 unspecified atom stereocenters. The summed E-state index contributed by atoms with van der Waals surface area (Å²) in [7, 11) is 0. The molecule has 0 saturated heterocycles. The Morgan fingerprint density at radius 2 is 2.50 bits per heavy atom. The van der Waals surface area contributed by atoms with Gasteiger partial charge in [-0.15, -0.1) is 11.3 Å². The third kappa shape index (κ3) is 2.58. The number of carbonyl (C=O) groups excluding carboxylic acids is 1. The molecule has 3 N–H and O–H groups in total. The quantitative estimate of drug-likeness (QED) is 0.779. The van der Waals surface area contributed by atoms with Crippen molar-refractivity contribution in [3.63, 3.8) is 0 Å². The van der Waals surface area contributed by atoms with Crippen LogP contribution in [0.5, 0.6) is 0 Å². The molecule has 0 aromatic carbocycles. The molecule has 1 aromatic heterocycles. The number of aliphatic carboxylic acids is 1. The van der Waals surface area contributed by atoms with Gasteiger partial charge in [0.1, 0.15) is 6.04 Å². The molecular weight excluding hydrogens is 242 g/mol. The van der Waals surface area contributed by atoms with Gasteiger partial charge in [0.05, 0.1) is 5.97 Å². The molecule has 1 heterocycles. The van der Waals surface area contributed by atoms with Crippen LogP contribution < -0.4 is 10.8 Å². The Bertz CT molecular complexity index is 287. The van der Waals surface area contributed by atoms with E-state index in [0.717, 1.165) is 9.35 Å². The van der Waals surface area contributed by atoms with Crippen LogP contribution in [0.2, 0.25) is 0 Å². The molecule has 0 radical (unpaired) electrons. The normalized spacial score (nSPS) is 12.8. The van der Waals surface area contributed by atoms with Gasteiger partial charge >= 0.3 is 0 Å². The summed E-state index contributed by atoms with van der Waals surface area (Å²) >= 11 is 4.80. The van der Waals surface area contributed by atoms with Crippen LogP contribution in [0.3, 0.4) is 0 Å². The summed E-state index contributed by atoms with van der Waals surface area (Å²) in [6.07, 6.45) is 0.443. The fourth-order valence-corrected chi connectivity index (χ4v) is 2.32. The van der Waals surface area contributed by atoms with Crippen molar-refractivity contribution in [2.24, 2.45) is 0 Å². The van der Waals surface area contributed by atoms with Gasteiger partial charge in [0.25, 0.3) is 0 Å². The minimum absolute atomic E-state index is 0.443. The van der Waals surface area contributed by atoms with E-state index in [2.05, 4.69) is 21.7 Å². The second-order valence-electron chi connectivity index (χ2n) is 2.45. The topological polar surface area (TPSA) is 67.8 Å². The van der Waals surface area contributed by atoms with E-state index in [4.69, 9.17) is 0 Å². The lowest BCUT2D eigenvalue weighted by molar-refractivity contribution is -0.436. The minimum Gasteiger partial charge on any atom is -0.544 e. The zero-order valence-electron chi connectivity index (χ0n) is 6.25. The first-order valence-electron chi connectivity index (χ1n) is 3.36. The zero-order valence-corrected chi connectivity index (χ0v) is 8.65. The molecule has 1 aromatic rings. The highest BCUT2D eigenvalue weighted by Gasteiger charge is 2.09. The van der Waals surface area contributed by atoms with E-state index in [9.17, 15) is 9.90 Å². The molecule has 12 heavy (non-hydrogen) atoms. The van der Waals surface area contributed by atoms with Gasteiger partial charge < -0.3 is 15.6 Å². The highest BCUT2D eigenvalue weighted by Crippen LogP contribution is 2.20. The Balaban J connectivity index is 2.58.